The summed E-state index contributed by atoms with van der Waals surface area (Å²) in [7, 11) is 0. The Hall–Kier alpha value is -0.900. The monoisotopic (exact) mass is 235 g/mol. The van der Waals surface area contributed by atoms with Crippen molar-refractivity contribution < 1.29 is 9.47 Å². The molecule has 0 saturated carbocycles. The van der Waals surface area contributed by atoms with Gasteiger partial charge in [0, 0.05) is 6.04 Å². The molecule has 2 rings (SSSR count). The van der Waals surface area contributed by atoms with Crippen LogP contribution in [-0.4, -0.2) is 26.0 Å². The third-order valence-electron chi connectivity index (χ3n) is 3.01. The summed E-state index contributed by atoms with van der Waals surface area (Å²) in [6.07, 6.45) is 3.82. The molecule has 0 aromatic heterocycles. The quantitative estimate of drug-likeness (QED) is 0.606. The minimum absolute atomic E-state index is 0.382. The number of rotatable bonds is 6. The summed E-state index contributed by atoms with van der Waals surface area (Å²) in [4.78, 5) is 0. The molecule has 3 nitrogen and oxygen atoms in total. The van der Waals surface area contributed by atoms with E-state index in [1.807, 2.05) is 18.2 Å². The van der Waals surface area contributed by atoms with Gasteiger partial charge in [0.2, 0.25) is 0 Å². The van der Waals surface area contributed by atoms with E-state index in [4.69, 9.17) is 9.47 Å². The Kier molecular flexibility index (Phi) is 5.49. The van der Waals surface area contributed by atoms with Gasteiger partial charge in [-0.3, -0.25) is 0 Å². The van der Waals surface area contributed by atoms with Crippen LogP contribution in [0.3, 0.4) is 0 Å². The van der Waals surface area contributed by atoms with Gasteiger partial charge in [-0.15, -0.1) is 0 Å². The van der Waals surface area contributed by atoms with Gasteiger partial charge in [0.25, 0.3) is 0 Å². The van der Waals surface area contributed by atoms with Gasteiger partial charge in [-0.2, -0.15) is 0 Å². The lowest BCUT2D eigenvalue weighted by atomic mass is 10.1. The highest BCUT2D eigenvalue weighted by molar-refractivity contribution is 5.13. The Morgan fingerprint density at radius 3 is 2.76 bits per heavy atom. The number of nitrogens with one attached hydrogen (secondary N) is 1. The maximum atomic E-state index is 5.51. The predicted octanol–water partition coefficient (Wildman–Crippen LogP) is 2.32. The van der Waals surface area contributed by atoms with E-state index in [-0.39, 0.29) is 0 Å². The van der Waals surface area contributed by atoms with Crippen molar-refractivity contribution in [3.8, 4) is 0 Å². The van der Waals surface area contributed by atoms with Crippen molar-refractivity contribution in [2.45, 2.75) is 31.9 Å². The molecule has 1 aromatic rings. The molecule has 1 aliphatic rings. The number of piperidine rings is 1. The van der Waals surface area contributed by atoms with Crippen LogP contribution in [0.2, 0.25) is 0 Å². The maximum Gasteiger partial charge on any atom is 0.147 e. The van der Waals surface area contributed by atoms with Crippen LogP contribution < -0.4 is 5.32 Å². The van der Waals surface area contributed by atoms with Gasteiger partial charge in [-0.05, 0) is 24.9 Å². The zero-order chi connectivity index (χ0) is 11.8. The summed E-state index contributed by atoms with van der Waals surface area (Å²) >= 11 is 0. The van der Waals surface area contributed by atoms with Crippen LogP contribution in [-0.2, 0) is 16.1 Å². The predicted molar refractivity (Wildman–Crippen MR) is 67.7 cm³/mol. The van der Waals surface area contributed by atoms with E-state index < -0.39 is 0 Å². The van der Waals surface area contributed by atoms with Crippen molar-refractivity contribution in [2.24, 2.45) is 0 Å². The third kappa shape index (κ3) is 4.86. The van der Waals surface area contributed by atoms with E-state index >= 15 is 0 Å². The van der Waals surface area contributed by atoms with Crippen LogP contribution in [0.15, 0.2) is 30.3 Å². The van der Waals surface area contributed by atoms with E-state index in [1.165, 1.54) is 24.8 Å². The van der Waals surface area contributed by atoms with Crippen LogP contribution in [0, 0.1) is 0 Å². The average Bonchev–Trinajstić information content (AvgIpc) is 2.41. The van der Waals surface area contributed by atoms with Crippen molar-refractivity contribution in [3.63, 3.8) is 0 Å². The smallest absolute Gasteiger partial charge is 0.147 e. The first-order chi connectivity index (χ1) is 8.45. The number of benzene rings is 1. The Morgan fingerprint density at radius 2 is 2.00 bits per heavy atom. The molecule has 1 N–H and O–H groups in total. The Bertz CT molecular complexity index is 296. The second-order valence-corrected chi connectivity index (χ2v) is 4.47. The molecule has 1 saturated heterocycles. The maximum absolute atomic E-state index is 5.51. The molecule has 94 valence electrons. The largest absolute Gasteiger partial charge is 0.354 e. The summed E-state index contributed by atoms with van der Waals surface area (Å²) in [6, 6.07) is 10.7. The molecule has 17 heavy (non-hydrogen) atoms. The van der Waals surface area contributed by atoms with Crippen molar-refractivity contribution in [1.29, 1.82) is 0 Å². The summed E-state index contributed by atoms with van der Waals surface area (Å²) < 4.78 is 11.0. The summed E-state index contributed by atoms with van der Waals surface area (Å²) in [5.41, 5.74) is 1.19. The molecule has 1 heterocycles. The van der Waals surface area contributed by atoms with Crippen LogP contribution in [0.4, 0.5) is 0 Å². The Labute approximate surface area is 103 Å². The minimum atomic E-state index is 0.382. The van der Waals surface area contributed by atoms with Crippen LogP contribution in [0.25, 0.3) is 0 Å². The fraction of sp³-hybridized carbons (Fsp3) is 0.571. The number of ether oxygens (including phenoxy) is 2. The third-order valence-corrected chi connectivity index (χ3v) is 3.01. The zero-order valence-electron chi connectivity index (χ0n) is 10.2. The Balaban J connectivity index is 1.51. The molecular weight excluding hydrogens is 214 g/mol. The second-order valence-electron chi connectivity index (χ2n) is 4.47. The van der Waals surface area contributed by atoms with Crippen LogP contribution >= 0.6 is 0 Å². The molecule has 0 bridgehead atoms. The highest BCUT2D eigenvalue weighted by Crippen LogP contribution is 2.07. The number of hydrogen-bond acceptors (Lipinski definition) is 3. The molecule has 0 amide bonds. The molecule has 1 aliphatic heterocycles. The lowest BCUT2D eigenvalue weighted by Crippen LogP contribution is -2.37. The van der Waals surface area contributed by atoms with E-state index in [1.54, 1.807) is 0 Å². The Morgan fingerprint density at radius 1 is 1.12 bits per heavy atom. The van der Waals surface area contributed by atoms with Crippen molar-refractivity contribution in [2.75, 3.05) is 19.9 Å². The van der Waals surface area contributed by atoms with E-state index in [0.29, 0.717) is 19.4 Å². The minimum Gasteiger partial charge on any atom is -0.354 e. The van der Waals surface area contributed by atoms with Gasteiger partial charge in [0.05, 0.1) is 13.2 Å². The second kappa shape index (κ2) is 7.43. The summed E-state index contributed by atoms with van der Waals surface area (Å²) in [6.45, 7) is 2.89. The van der Waals surface area contributed by atoms with Gasteiger partial charge < -0.3 is 14.8 Å². The molecular formula is C14H21NO2. The normalized spacial score (nSPS) is 20.4. The first-order valence-corrected chi connectivity index (χ1v) is 6.38. The van der Waals surface area contributed by atoms with Gasteiger partial charge in [0.1, 0.15) is 6.79 Å². The van der Waals surface area contributed by atoms with Crippen molar-refractivity contribution in [1.82, 2.24) is 5.32 Å². The first-order valence-electron chi connectivity index (χ1n) is 6.38. The van der Waals surface area contributed by atoms with Gasteiger partial charge in [-0.25, -0.2) is 0 Å². The zero-order valence-corrected chi connectivity index (χ0v) is 10.2. The molecule has 0 aliphatic carbocycles. The SMILES string of the molecule is c1ccc(COCOCC2CCCCN2)cc1. The van der Waals surface area contributed by atoms with Gasteiger partial charge in [-0.1, -0.05) is 36.8 Å². The van der Waals surface area contributed by atoms with E-state index in [9.17, 15) is 0 Å². The highest BCUT2D eigenvalue weighted by Gasteiger charge is 2.11. The van der Waals surface area contributed by atoms with E-state index in [2.05, 4.69) is 17.4 Å². The lowest BCUT2D eigenvalue weighted by molar-refractivity contribution is -0.0686. The van der Waals surface area contributed by atoms with Crippen LogP contribution in [0.5, 0.6) is 0 Å². The number of hydrogen-bond donors (Lipinski definition) is 1. The first kappa shape index (κ1) is 12.6. The van der Waals surface area contributed by atoms with Crippen molar-refractivity contribution in [3.05, 3.63) is 35.9 Å². The van der Waals surface area contributed by atoms with Crippen molar-refractivity contribution >= 4 is 0 Å². The molecule has 1 aromatic carbocycles. The van der Waals surface area contributed by atoms with Crippen LogP contribution in [0.1, 0.15) is 24.8 Å². The molecule has 0 spiro atoms. The lowest BCUT2D eigenvalue weighted by Gasteiger charge is -2.23. The molecule has 1 atom stereocenters. The average molecular weight is 235 g/mol. The fourth-order valence-corrected chi connectivity index (χ4v) is 2.05. The molecule has 0 radical (unpaired) electrons. The summed E-state index contributed by atoms with van der Waals surface area (Å²) in [5, 5.41) is 3.45. The highest BCUT2D eigenvalue weighted by atomic mass is 16.7. The van der Waals surface area contributed by atoms with Gasteiger partial charge in [0.15, 0.2) is 0 Å². The molecule has 3 heteroatoms. The standard InChI is InChI=1S/C14H21NO2/c1-2-6-13(7-3-1)10-16-12-17-11-14-8-4-5-9-15-14/h1-3,6-7,14-15H,4-5,8-12H2. The van der Waals surface area contributed by atoms with E-state index in [0.717, 1.165) is 13.2 Å². The van der Waals surface area contributed by atoms with Gasteiger partial charge >= 0.3 is 0 Å². The molecule has 1 fully saturated rings. The summed E-state index contributed by atoms with van der Waals surface area (Å²) in [5.74, 6) is 0. The molecule has 1 unspecified atom stereocenters. The fourth-order valence-electron chi connectivity index (χ4n) is 2.05. The topological polar surface area (TPSA) is 30.5 Å².